The van der Waals surface area contributed by atoms with Crippen molar-refractivity contribution in [3.05, 3.63) is 70.5 Å². The van der Waals surface area contributed by atoms with Gasteiger partial charge < -0.3 is 14.9 Å². The molecule has 0 bridgehead atoms. The Hall–Kier alpha value is -2.61. The number of hydrogen-bond acceptors (Lipinski definition) is 5. The summed E-state index contributed by atoms with van der Waals surface area (Å²) in [6, 6.07) is 10.1. The fraction of sp³-hybridized carbons (Fsp3) is 0.222. The fourth-order valence-corrected chi connectivity index (χ4v) is 2.93. The molecule has 0 aliphatic rings. The summed E-state index contributed by atoms with van der Waals surface area (Å²) in [6.45, 7) is 3.31. The van der Waals surface area contributed by atoms with Gasteiger partial charge in [0.15, 0.2) is 11.5 Å². The van der Waals surface area contributed by atoms with Crippen molar-refractivity contribution in [3.8, 4) is 11.5 Å². The predicted octanol–water partition coefficient (Wildman–Crippen LogP) is 3.90. The first-order valence-corrected chi connectivity index (χ1v) is 8.86. The normalized spacial score (nSPS) is 10.6. The van der Waals surface area contributed by atoms with Gasteiger partial charge in [-0.15, -0.1) is 10.2 Å². The molecule has 6 nitrogen and oxygen atoms in total. The van der Waals surface area contributed by atoms with Crippen LogP contribution in [0.2, 0.25) is 0 Å². The van der Waals surface area contributed by atoms with Crippen LogP contribution in [0.25, 0.3) is 0 Å². The van der Waals surface area contributed by atoms with Crippen molar-refractivity contribution < 1.29 is 13.9 Å². The summed E-state index contributed by atoms with van der Waals surface area (Å²) in [4.78, 5) is 0. The fourth-order valence-electron chi connectivity index (χ4n) is 2.33. The van der Waals surface area contributed by atoms with Crippen molar-refractivity contribution in [1.82, 2.24) is 14.9 Å². The van der Waals surface area contributed by atoms with Gasteiger partial charge >= 0.3 is 0 Å². The molecule has 1 aromatic heterocycles. The van der Waals surface area contributed by atoms with E-state index in [-0.39, 0.29) is 5.82 Å². The topological polar surface area (TPSA) is 61.2 Å². The second-order valence-corrected chi connectivity index (χ2v) is 6.31. The van der Waals surface area contributed by atoms with E-state index in [1.54, 1.807) is 29.5 Å². The van der Waals surface area contributed by atoms with Gasteiger partial charge in [-0.05, 0) is 58.2 Å². The number of nitrogens with one attached hydrogen (secondary N) is 1. The van der Waals surface area contributed by atoms with Crippen molar-refractivity contribution in [1.29, 1.82) is 0 Å². The quantitative estimate of drug-likeness (QED) is 0.598. The Balaban J connectivity index is 1.74. The highest BCUT2D eigenvalue weighted by molar-refractivity contribution is 9.10. The lowest BCUT2D eigenvalue weighted by molar-refractivity contribution is 0.267. The maximum atomic E-state index is 13.0. The predicted molar refractivity (Wildman–Crippen MR) is 99.1 cm³/mol. The lowest BCUT2D eigenvalue weighted by Crippen LogP contribution is -2.12. The van der Waals surface area contributed by atoms with Gasteiger partial charge in [-0.1, -0.05) is 12.1 Å². The zero-order valence-corrected chi connectivity index (χ0v) is 15.7. The number of ether oxygens (including phenoxy) is 2. The monoisotopic (exact) mass is 420 g/mol. The van der Waals surface area contributed by atoms with Crippen LogP contribution in [0.15, 0.2) is 53.5 Å². The summed E-state index contributed by atoms with van der Waals surface area (Å²) >= 11 is 3.55. The Kier molecular flexibility index (Phi) is 6.06. The zero-order valence-electron chi connectivity index (χ0n) is 14.2. The lowest BCUT2D eigenvalue weighted by atomic mass is 10.2. The van der Waals surface area contributed by atoms with Crippen LogP contribution in [0.4, 0.5) is 4.39 Å². The highest BCUT2D eigenvalue weighted by Gasteiger charge is 2.13. The Bertz CT molecular complexity index is 841. The molecule has 0 aliphatic carbocycles. The molecule has 0 spiro atoms. The summed E-state index contributed by atoms with van der Waals surface area (Å²) in [5.74, 6) is 0.989. The van der Waals surface area contributed by atoms with Crippen molar-refractivity contribution in [2.24, 2.45) is 0 Å². The van der Waals surface area contributed by atoms with E-state index >= 15 is 0 Å². The highest BCUT2D eigenvalue weighted by Crippen LogP contribution is 2.37. The standard InChI is InChI=1S/C18H18BrFN4O2/c1-2-25-17-8-14(9-23-24-11-21-22-12-24)7-16(19)18(17)26-10-13-3-5-15(20)6-4-13/h3-8,11-12,23H,2,9-10H2,1H3. The molecule has 8 heteroatoms. The molecule has 0 saturated heterocycles. The molecule has 0 aliphatic heterocycles. The summed E-state index contributed by atoms with van der Waals surface area (Å²) in [6.07, 6.45) is 3.16. The van der Waals surface area contributed by atoms with Gasteiger partial charge in [-0.2, -0.15) is 0 Å². The molecule has 0 saturated carbocycles. The van der Waals surface area contributed by atoms with Gasteiger partial charge in [0.25, 0.3) is 0 Å². The summed E-state index contributed by atoms with van der Waals surface area (Å²) < 4.78 is 27.1. The summed E-state index contributed by atoms with van der Waals surface area (Å²) in [5, 5.41) is 7.49. The number of aromatic nitrogens is 3. The number of benzene rings is 2. The minimum Gasteiger partial charge on any atom is -0.490 e. The molecular weight excluding hydrogens is 403 g/mol. The average molecular weight is 421 g/mol. The van der Waals surface area contributed by atoms with Crippen LogP contribution in [0.3, 0.4) is 0 Å². The van der Waals surface area contributed by atoms with Crippen LogP contribution >= 0.6 is 15.9 Å². The average Bonchev–Trinajstić information content (AvgIpc) is 3.14. The molecule has 0 atom stereocenters. The second kappa shape index (κ2) is 8.66. The minimum absolute atomic E-state index is 0.269. The van der Waals surface area contributed by atoms with Gasteiger partial charge in [0.1, 0.15) is 25.1 Å². The summed E-state index contributed by atoms with van der Waals surface area (Å²) in [7, 11) is 0. The molecule has 3 aromatic rings. The Morgan fingerprint density at radius 3 is 2.50 bits per heavy atom. The molecule has 1 N–H and O–H groups in total. The van der Waals surface area contributed by atoms with E-state index in [0.717, 1.165) is 15.6 Å². The van der Waals surface area contributed by atoms with Crippen LogP contribution in [0.1, 0.15) is 18.1 Å². The molecule has 0 radical (unpaired) electrons. The molecular formula is C18H18BrFN4O2. The maximum Gasteiger partial charge on any atom is 0.175 e. The van der Waals surface area contributed by atoms with E-state index in [0.29, 0.717) is 31.3 Å². The molecule has 0 amide bonds. The van der Waals surface area contributed by atoms with Crippen molar-refractivity contribution in [2.45, 2.75) is 20.1 Å². The number of hydrogen-bond donors (Lipinski definition) is 1. The minimum atomic E-state index is -0.269. The number of rotatable bonds is 8. The van der Waals surface area contributed by atoms with Crippen LogP contribution in [0.5, 0.6) is 11.5 Å². The van der Waals surface area contributed by atoms with Crippen molar-refractivity contribution in [2.75, 3.05) is 12.0 Å². The molecule has 26 heavy (non-hydrogen) atoms. The van der Waals surface area contributed by atoms with E-state index in [2.05, 4.69) is 31.6 Å². The van der Waals surface area contributed by atoms with Gasteiger partial charge in [-0.3, -0.25) is 0 Å². The van der Waals surface area contributed by atoms with E-state index in [4.69, 9.17) is 9.47 Å². The van der Waals surface area contributed by atoms with Crippen LogP contribution in [0, 0.1) is 5.82 Å². The molecule has 0 fully saturated rings. The van der Waals surface area contributed by atoms with Crippen molar-refractivity contribution in [3.63, 3.8) is 0 Å². The number of nitrogens with zero attached hydrogens (tertiary/aromatic N) is 3. The van der Waals surface area contributed by atoms with E-state index in [9.17, 15) is 4.39 Å². The van der Waals surface area contributed by atoms with E-state index in [1.165, 1.54) is 12.1 Å². The van der Waals surface area contributed by atoms with Crippen LogP contribution in [-0.2, 0) is 13.2 Å². The molecule has 3 rings (SSSR count). The maximum absolute atomic E-state index is 13.0. The van der Waals surface area contributed by atoms with Crippen molar-refractivity contribution >= 4 is 15.9 Å². The van der Waals surface area contributed by atoms with Crippen LogP contribution in [-0.4, -0.2) is 21.5 Å². The largest absolute Gasteiger partial charge is 0.490 e. The van der Waals surface area contributed by atoms with Gasteiger partial charge in [-0.25, -0.2) is 9.07 Å². The Morgan fingerprint density at radius 2 is 1.81 bits per heavy atom. The third kappa shape index (κ3) is 4.72. The Morgan fingerprint density at radius 1 is 1.08 bits per heavy atom. The first-order valence-electron chi connectivity index (χ1n) is 8.06. The number of halogens is 2. The Labute approximate surface area is 159 Å². The van der Waals surface area contributed by atoms with E-state index < -0.39 is 0 Å². The van der Waals surface area contributed by atoms with Gasteiger partial charge in [0, 0.05) is 0 Å². The smallest absolute Gasteiger partial charge is 0.175 e. The van der Waals surface area contributed by atoms with Gasteiger partial charge in [0.05, 0.1) is 17.6 Å². The third-order valence-electron chi connectivity index (χ3n) is 3.55. The molecule has 0 unspecified atom stereocenters. The zero-order chi connectivity index (χ0) is 18.4. The SMILES string of the molecule is CCOc1cc(CNn2cnnc2)cc(Br)c1OCc1ccc(F)cc1. The van der Waals surface area contributed by atoms with Crippen LogP contribution < -0.4 is 14.9 Å². The third-order valence-corrected chi connectivity index (χ3v) is 4.14. The van der Waals surface area contributed by atoms with Gasteiger partial charge in [0.2, 0.25) is 0 Å². The van der Waals surface area contributed by atoms with E-state index in [1.807, 2.05) is 19.1 Å². The lowest BCUT2D eigenvalue weighted by Gasteiger charge is -2.16. The highest BCUT2D eigenvalue weighted by atomic mass is 79.9. The summed E-state index contributed by atoms with van der Waals surface area (Å²) in [5.41, 5.74) is 5.04. The molecule has 136 valence electrons. The molecule has 2 aromatic carbocycles. The first kappa shape index (κ1) is 18.2. The molecule has 1 heterocycles. The first-order chi connectivity index (χ1) is 12.7. The second-order valence-electron chi connectivity index (χ2n) is 5.46.